The van der Waals surface area contributed by atoms with E-state index < -0.39 is 46.2 Å². The fourth-order valence-corrected chi connectivity index (χ4v) is 3.65. The third kappa shape index (κ3) is 5.66. The van der Waals surface area contributed by atoms with Gasteiger partial charge in [0.25, 0.3) is 5.56 Å². The summed E-state index contributed by atoms with van der Waals surface area (Å²) in [5.41, 5.74) is -4.64. The number of carbonyl (C=O) groups excluding carboxylic acids is 1. The quantitative estimate of drug-likeness (QED) is 0.257. The molecule has 1 saturated carbocycles. The maximum absolute atomic E-state index is 14.5. The molecule has 0 amide bonds. The van der Waals surface area contributed by atoms with E-state index in [1.807, 2.05) is 0 Å². The van der Waals surface area contributed by atoms with Crippen LogP contribution in [0, 0.1) is 5.82 Å². The van der Waals surface area contributed by atoms with Gasteiger partial charge in [-0.25, -0.2) is 18.5 Å². The highest BCUT2D eigenvalue weighted by Crippen LogP contribution is 2.27. The second kappa shape index (κ2) is 10.4. The van der Waals surface area contributed by atoms with E-state index in [4.69, 9.17) is 21.2 Å². The van der Waals surface area contributed by atoms with Crippen molar-refractivity contribution in [2.75, 3.05) is 13.2 Å². The Morgan fingerprint density at radius 1 is 1.12 bits per heavy atom. The lowest BCUT2D eigenvalue weighted by Crippen LogP contribution is -2.41. The normalized spacial score (nSPS) is 14.1. The van der Waals surface area contributed by atoms with E-state index in [0.717, 1.165) is 50.9 Å². The minimum atomic E-state index is -4.98. The molecule has 184 valence electrons. The van der Waals surface area contributed by atoms with Crippen molar-refractivity contribution in [2.24, 2.45) is 12.2 Å². The highest BCUT2D eigenvalue weighted by molar-refractivity contribution is 6.33. The van der Waals surface area contributed by atoms with Crippen LogP contribution >= 0.6 is 11.6 Å². The SMILES string of the molecule is Cn1c(C(F)(F)F)cc(=O)n(-c2cc(C(=O)OCCON=C3CCCCC3)c(Cl)cc2F)c1=O. The molecule has 1 heterocycles. The molecule has 1 aromatic heterocycles. The van der Waals surface area contributed by atoms with E-state index in [2.05, 4.69) is 5.16 Å². The predicted octanol–water partition coefficient (Wildman–Crippen LogP) is 3.84. The van der Waals surface area contributed by atoms with Crippen molar-refractivity contribution >= 4 is 23.3 Å². The minimum absolute atomic E-state index is 0.0557. The summed E-state index contributed by atoms with van der Waals surface area (Å²) in [5.74, 6) is -2.22. The van der Waals surface area contributed by atoms with E-state index in [1.165, 1.54) is 0 Å². The number of aromatic nitrogens is 2. The zero-order valence-corrected chi connectivity index (χ0v) is 18.7. The predicted molar refractivity (Wildman–Crippen MR) is 114 cm³/mol. The van der Waals surface area contributed by atoms with Crippen molar-refractivity contribution in [3.63, 3.8) is 0 Å². The Morgan fingerprint density at radius 3 is 2.44 bits per heavy atom. The zero-order chi connectivity index (χ0) is 25.0. The summed E-state index contributed by atoms with van der Waals surface area (Å²) in [7, 11) is 0.779. The lowest BCUT2D eigenvalue weighted by Gasteiger charge is -2.15. The Balaban J connectivity index is 1.81. The van der Waals surface area contributed by atoms with Gasteiger partial charge in [-0.1, -0.05) is 23.2 Å². The number of esters is 1. The summed E-state index contributed by atoms with van der Waals surface area (Å²) in [6.07, 6.45) is -0.0836. The molecular formula is C21H20ClF4N3O5. The molecular weight excluding hydrogens is 486 g/mol. The number of benzene rings is 1. The number of hydrogen-bond donors (Lipinski definition) is 0. The molecule has 8 nitrogen and oxygen atoms in total. The molecule has 1 aliphatic carbocycles. The molecule has 0 unspecified atom stereocenters. The lowest BCUT2D eigenvalue weighted by molar-refractivity contribution is -0.144. The van der Waals surface area contributed by atoms with Crippen molar-refractivity contribution in [3.05, 3.63) is 61.1 Å². The van der Waals surface area contributed by atoms with Crippen LogP contribution in [-0.2, 0) is 22.8 Å². The molecule has 0 spiro atoms. The first-order valence-corrected chi connectivity index (χ1v) is 10.6. The first-order valence-electron chi connectivity index (χ1n) is 10.2. The third-order valence-corrected chi connectivity index (χ3v) is 5.45. The number of oxime groups is 1. The van der Waals surface area contributed by atoms with Gasteiger partial charge in [-0.05, 0) is 37.8 Å². The van der Waals surface area contributed by atoms with Gasteiger partial charge in [-0.2, -0.15) is 13.2 Å². The lowest BCUT2D eigenvalue weighted by atomic mass is 9.99. The van der Waals surface area contributed by atoms with Crippen LogP contribution in [0.4, 0.5) is 17.6 Å². The van der Waals surface area contributed by atoms with Crippen molar-refractivity contribution in [1.82, 2.24) is 9.13 Å². The smallest absolute Gasteiger partial charge is 0.431 e. The summed E-state index contributed by atoms with van der Waals surface area (Å²) >= 11 is 5.91. The first kappa shape index (κ1) is 25.5. The van der Waals surface area contributed by atoms with Gasteiger partial charge in [0.2, 0.25) is 0 Å². The van der Waals surface area contributed by atoms with Crippen LogP contribution in [0.5, 0.6) is 0 Å². The number of ether oxygens (including phenoxy) is 1. The minimum Gasteiger partial charge on any atom is -0.458 e. The third-order valence-electron chi connectivity index (χ3n) is 5.14. The van der Waals surface area contributed by atoms with E-state index in [1.54, 1.807) is 0 Å². The Morgan fingerprint density at radius 2 is 1.79 bits per heavy atom. The molecule has 1 fully saturated rings. The maximum Gasteiger partial charge on any atom is 0.431 e. The van der Waals surface area contributed by atoms with Crippen LogP contribution in [0.3, 0.4) is 0 Å². The van der Waals surface area contributed by atoms with Gasteiger partial charge in [-0.3, -0.25) is 9.36 Å². The number of alkyl halides is 3. The molecule has 0 N–H and O–H groups in total. The summed E-state index contributed by atoms with van der Waals surface area (Å²) in [4.78, 5) is 42.2. The maximum atomic E-state index is 14.5. The van der Waals surface area contributed by atoms with Crippen LogP contribution in [-0.4, -0.2) is 34.0 Å². The summed E-state index contributed by atoms with van der Waals surface area (Å²) < 4.78 is 59.0. The van der Waals surface area contributed by atoms with Crippen molar-refractivity contribution in [1.29, 1.82) is 0 Å². The number of carbonyl (C=O) groups is 1. The number of nitrogens with zero attached hydrogens (tertiary/aromatic N) is 3. The van der Waals surface area contributed by atoms with Gasteiger partial charge >= 0.3 is 17.8 Å². The van der Waals surface area contributed by atoms with Crippen molar-refractivity contribution < 1.29 is 31.9 Å². The fraction of sp³-hybridized carbons (Fsp3) is 0.429. The topological polar surface area (TPSA) is 91.9 Å². The van der Waals surface area contributed by atoms with Gasteiger partial charge in [0.1, 0.15) is 18.1 Å². The van der Waals surface area contributed by atoms with E-state index in [-0.39, 0.29) is 33.4 Å². The van der Waals surface area contributed by atoms with Gasteiger partial charge in [0.15, 0.2) is 6.61 Å². The molecule has 1 aliphatic rings. The largest absolute Gasteiger partial charge is 0.458 e. The molecule has 1 aromatic carbocycles. The molecule has 0 radical (unpaired) electrons. The van der Waals surface area contributed by atoms with Crippen LogP contribution in [0.25, 0.3) is 5.69 Å². The number of hydrogen-bond acceptors (Lipinski definition) is 6. The second-order valence-electron chi connectivity index (χ2n) is 7.51. The highest BCUT2D eigenvalue weighted by Gasteiger charge is 2.35. The Kier molecular flexibility index (Phi) is 7.80. The standard InChI is InChI=1S/C21H20ClF4N3O5/c1-28-17(21(24,25)26)11-18(30)29(20(28)32)16-9-13(14(22)10-15(16)23)19(31)33-7-8-34-27-12-5-3-2-4-6-12/h9-11H,2-8H2,1H3. The Bertz CT molecular complexity index is 1230. The molecule has 3 rings (SSSR count). The Labute approximate surface area is 195 Å². The summed E-state index contributed by atoms with van der Waals surface area (Å²) in [6.45, 7) is -0.277. The highest BCUT2D eigenvalue weighted by atomic mass is 35.5. The monoisotopic (exact) mass is 505 g/mol. The molecule has 34 heavy (non-hydrogen) atoms. The van der Waals surface area contributed by atoms with Gasteiger partial charge in [0.05, 0.1) is 22.0 Å². The first-order chi connectivity index (χ1) is 16.0. The van der Waals surface area contributed by atoms with Crippen LogP contribution in [0.1, 0.15) is 48.2 Å². The molecule has 0 saturated heterocycles. The molecule has 0 atom stereocenters. The molecule has 0 aliphatic heterocycles. The molecule has 0 bridgehead atoms. The van der Waals surface area contributed by atoms with Crippen LogP contribution in [0.2, 0.25) is 5.02 Å². The summed E-state index contributed by atoms with van der Waals surface area (Å²) in [5, 5.41) is 3.60. The molecule has 13 heteroatoms. The van der Waals surface area contributed by atoms with E-state index in [0.29, 0.717) is 6.07 Å². The number of rotatable bonds is 6. The number of halogens is 5. The average molecular weight is 506 g/mol. The van der Waals surface area contributed by atoms with Gasteiger partial charge in [-0.15, -0.1) is 0 Å². The van der Waals surface area contributed by atoms with Crippen LogP contribution < -0.4 is 11.2 Å². The molecule has 2 aromatic rings. The van der Waals surface area contributed by atoms with Crippen molar-refractivity contribution in [2.45, 2.75) is 38.3 Å². The van der Waals surface area contributed by atoms with Gasteiger partial charge in [0, 0.05) is 13.1 Å². The van der Waals surface area contributed by atoms with Crippen LogP contribution in [0.15, 0.2) is 32.9 Å². The van der Waals surface area contributed by atoms with E-state index >= 15 is 0 Å². The van der Waals surface area contributed by atoms with Crippen molar-refractivity contribution in [3.8, 4) is 5.69 Å². The fourth-order valence-electron chi connectivity index (χ4n) is 3.42. The Hall–Kier alpha value is -3.15. The second-order valence-corrected chi connectivity index (χ2v) is 7.92. The summed E-state index contributed by atoms with van der Waals surface area (Å²) in [6, 6.07) is 1.57. The van der Waals surface area contributed by atoms with Gasteiger partial charge < -0.3 is 9.57 Å². The zero-order valence-electron chi connectivity index (χ0n) is 18.0. The van der Waals surface area contributed by atoms with E-state index in [9.17, 15) is 31.9 Å². The average Bonchev–Trinajstić information content (AvgIpc) is 2.77.